The zero-order valence-electron chi connectivity index (χ0n) is 16.6. The van der Waals surface area contributed by atoms with E-state index in [2.05, 4.69) is 29.4 Å². The second-order valence-electron chi connectivity index (χ2n) is 7.56. The third-order valence-electron chi connectivity index (χ3n) is 5.06. The summed E-state index contributed by atoms with van der Waals surface area (Å²) in [5.74, 6) is 0.188. The summed E-state index contributed by atoms with van der Waals surface area (Å²) in [6.45, 7) is 6.95. The Morgan fingerprint density at radius 2 is 2.10 bits per heavy atom. The van der Waals surface area contributed by atoms with Gasteiger partial charge in [0.05, 0.1) is 10.5 Å². The van der Waals surface area contributed by atoms with E-state index in [4.69, 9.17) is 0 Å². The molecule has 1 atom stereocenters. The van der Waals surface area contributed by atoms with Crippen LogP contribution < -0.4 is 10.6 Å². The van der Waals surface area contributed by atoms with E-state index in [0.29, 0.717) is 24.6 Å². The summed E-state index contributed by atoms with van der Waals surface area (Å²) in [5, 5.41) is 16.6. The number of carbonyl (C=O) groups is 1. The fraction of sp³-hybridized carbons (Fsp3) is 0.632. The van der Waals surface area contributed by atoms with Gasteiger partial charge in [-0.2, -0.15) is 13.2 Å². The molecule has 0 bridgehead atoms. The molecule has 1 aromatic rings. The standard InChI is InChI=1S/C19H27F3N4O3/c1-13(2)25-9-3-4-14(12-25)11-24-18(27)7-8-23-16-6-5-15(19(20,21)22)10-17(16)26(28)29/h5-6,10,13-14,23H,3-4,7-9,11-12H2,1-2H3,(H,24,27). The average molecular weight is 416 g/mol. The quantitative estimate of drug-likeness (QED) is 0.499. The average Bonchev–Trinajstić information content (AvgIpc) is 2.65. The molecule has 1 amide bonds. The molecule has 1 heterocycles. The van der Waals surface area contributed by atoms with Gasteiger partial charge in [-0.25, -0.2) is 0 Å². The summed E-state index contributed by atoms with van der Waals surface area (Å²) in [6, 6.07) is 2.75. The smallest absolute Gasteiger partial charge is 0.379 e. The van der Waals surface area contributed by atoms with Gasteiger partial charge in [-0.15, -0.1) is 0 Å². The Bertz CT molecular complexity index is 725. The molecule has 0 aliphatic carbocycles. The van der Waals surface area contributed by atoms with Crippen molar-refractivity contribution in [3.05, 3.63) is 33.9 Å². The molecule has 1 saturated heterocycles. The number of nitrogens with one attached hydrogen (secondary N) is 2. The Morgan fingerprint density at radius 1 is 1.38 bits per heavy atom. The molecular formula is C19H27F3N4O3. The number of carbonyl (C=O) groups excluding carboxylic acids is 1. The van der Waals surface area contributed by atoms with Crippen molar-refractivity contribution in [1.82, 2.24) is 10.2 Å². The maximum atomic E-state index is 12.7. The largest absolute Gasteiger partial charge is 0.416 e. The van der Waals surface area contributed by atoms with Gasteiger partial charge in [-0.05, 0) is 51.3 Å². The fourth-order valence-electron chi connectivity index (χ4n) is 3.40. The van der Waals surface area contributed by atoms with Gasteiger partial charge in [0.1, 0.15) is 5.69 Å². The molecule has 7 nitrogen and oxygen atoms in total. The van der Waals surface area contributed by atoms with E-state index in [1.165, 1.54) is 0 Å². The minimum absolute atomic E-state index is 0.0457. The highest BCUT2D eigenvalue weighted by Crippen LogP contribution is 2.34. The maximum Gasteiger partial charge on any atom is 0.416 e. The van der Waals surface area contributed by atoms with E-state index >= 15 is 0 Å². The summed E-state index contributed by atoms with van der Waals surface area (Å²) in [7, 11) is 0. The number of nitro benzene ring substituents is 1. The van der Waals surface area contributed by atoms with E-state index in [1.54, 1.807) is 0 Å². The Balaban J connectivity index is 1.82. The van der Waals surface area contributed by atoms with Gasteiger partial charge in [0.2, 0.25) is 5.91 Å². The zero-order chi connectivity index (χ0) is 21.6. The number of piperidine rings is 1. The van der Waals surface area contributed by atoms with Crippen molar-refractivity contribution < 1.29 is 22.9 Å². The Kier molecular flexibility index (Phi) is 7.83. The van der Waals surface area contributed by atoms with E-state index in [1.807, 2.05) is 0 Å². The third kappa shape index (κ3) is 6.88. The van der Waals surface area contributed by atoms with Crippen molar-refractivity contribution in [2.75, 3.05) is 31.5 Å². The molecule has 0 saturated carbocycles. The Morgan fingerprint density at radius 3 is 2.72 bits per heavy atom. The van der Waals surface area contributed by atoms with Crippen LogP contribution in [0.15, 0.2) is 18.2 Å². The lowest BCUT2D eigenvalue weighted by Crippen LogP contribution is -2.43. The predicted molar refractivity (Wildman–Crippen MR) is 104 cm³/mol. The molecule has 0 radical (unpaired) electrons. The molecule has 2 rings (SSSR count). The number of nitro groups is 1. The van der Waals surface area contributed by atoms with Crippen LogP contribution >= 0.6 is 0 Å². The molecule has 1 aliphatic heterocycles. The van der Waals surface area contributed by atoms with Crippen LogP contribution in [0.1, 0.15) is 38.7 Å². The lowest BCUT2D eigenvalue weighted by Gasteiger charge is -2.35. The highest BCUT2D eigenvalue weighted by molar-refractivity contribution is 5.76. The van der Waals surface area contributed by atoms with Crippen molar-refractivity contribution >= 4 is 17.3 Å². The van der Waals surface area contributed by atoms with Crippen molar-refractivity contribution in [3.8, 4) is 0 Å². The number of amides is 1. The molecule has 10 heteroatoms. The third-order valence-corrected chi connectivity index (χ3v) is 5.06. The molecule has 162 valence electrons. The van der Waals surface area contributed by atoms with Gasteiger partial charge >= 0.3 is 6.18 Å². The first kappa shape index (κ1) is 22.9. The number of nitrogens with zero attached hydrogens (tertiary/aromatic N) is 2. The lowest BCUT2D eigenvalue weighted by molar-refractivity contribution is -0.384. The topological polar surface area (TPSA) is 87.5 Å². The SMILES string of the molecule is CC(C)N1CCCC(CNC(=O)CCNc2ccc(C(F)(F)F)cc2[N+](=O)[O-])C1. The van der Waals surface area contributed by atoms with Gasteiger partial charge in [-0.3, -0.25) is 14.9 Å². The summed E-state index contributed by atoms with van der Waals surface area (Å²) in [6.07, 6.45) is -2.44. The van der Waals surface area contributed by atoms with E-state index in [9.17, 15) is 28.1 Å². The van der Waals surface area contributed by atoms with Crippen LogP contribution in [-0.4, -0.2) is 48.0 Å². The number of rotatable bonds is 8. The number of alkyl halides is 3. The lowest BCUT2D eigenvalue weighted by atomic mass is 9.97. The fourth-order valence-corrected chi connectivity index (χ4v) is 3.40. The summed E-state index contributed by atoms with van der Waals surface area (Å²) in [4.78, 5) is 24.6. The summed E-state index contributed by atoms with van der Waals surface area (Å²) in [5.41, 5.74) is -1.80. The van der Waals surface area contributed by atoms with Crippen LogP contribution in [0.3, 0.4) is 0 Å². The van der Waals surface area contributed by atoms with Crippen molar-refractivity contribution in [2.24, 2.45) is 5.92 Å². The van der Waals surface area contributed by atoms with E-state index in [-0.39, 0.29) is 24.6 Å². The Hall–Kier alpha value is -2.36. The van der Waals surface area contributed by atoms with Crippen molar-refractivity contribution in [2.45, 2.75) is 45.3 Å². The van der Waals surface area contributed by atoms with E-state index < -0.39 is 22.4 Å². The summed E-state index contributed by atoms with van der Waals surface area (Å²) < 4.78 is 38.2. The number of hydrogen-bond donors (Lipinski definition) is 2. The van der Waals surface area contributed by atoms with Crippen molar-refractivity contribution in [3.63, 3.8) is 0 Å². The molecule has 1 unspecified atom stereocenters. The molecule has 0 aromatic heterocycles. The van der Waals surface area contributed by atoms with Crippen LogP contribution in [0.4, 0.5) is 24.5 Å². The van der Waals surface area contributed by atoms with Gasteiger partial charge in [0, 0.05) is 38.2 Å². The number of likely N-dealkylation sites (tertiary alicyclic amines) is 1. The molecule has 29 heavy (non-hydrogen) atoms. The molecule has 1 aromatic carbocycles. The number of benzene rings is 1. The van der Waals surface area contributed by atoms with Gasteiger partial charge in [0.25, 0.3) is 5.69 Å². The molecule has 1 aliphatic rings. The zero-order valence-corrected chi connectivity index (χ0v) is 16.6. The first-order chi connectivity index (χ1) is 13.6. The van der Waals surface area contributed by atoms with Gasteiger partial charge in [-0.1, -0.05) is 0 Å². The minimum atomic E-state index is -4.66. The normalized spacial score (nSPS) is 17.9. The summed E-state index contributed by atoms with van der Waals surface area (Å²) >= 11 is 0. The van der Waals surface area contributed by atoms with Gasteiger partial charge < -0.3 is 15.5 Å². The van der Waals surface area contributed by atoms with E-state index in [0.717, 1.165) is 38.1 Å². The van der Waals surface area contributed by atoms with Crippen molar-refractivity contribution in [1.29, 1.82) is 0 Å². The molecule has 2 N–H and O–H groups in total. The second-order valence-corrected chi connectivity index (χ2v) is 7.56. The monoisotopic (exact) mass is 416 g/mol. The van der Waals surface area contributed by atoms with Crippen LogP contribution in [0.5, 0.6) is 0 Å². The highest BCUT2D eigenvalue weighted by atomic mass is 19.4. The molecule has 0 spiro atoms. The Labute approximate surface area is 167 Å². The predicted octanol–water partition coefficient (Wildman–Crippen LogP) is 3.65. The van der Waals surface area contributed by atoms with Crippen LogP contribution in [0.25, 0.3) is 0 Å². The first-order valence-electron chi connectivity index (χ1n) is 9.68. The van der Waals surface area contributed by atoms with Crippen LogP contribution in [0.2, 0.25) is 0 Å². The maximum absolute atomic E-state index is 12.7. The number of halogens is 3. The van der Waals surface area contributed by atoms with Crippen LogP contribution in [0, 0.1) is 16.0 Å². The van der Waals surface area contributed by atoms with Gasteiger partial charge in [0.15, 0.2) is 0 Å². The first-order valence-corrected chi connectivity index (χ1v) is 9.68. The second kappa shape index (κ2) is 9.91. The van der Waals surface area contributed by atoms with Crippen LogP contribution in [-0.2, 0) is 11.0 Å². The number of anilines is 1. The molecular weight excluding hydrogens is 389 g/mol. The number of hydrogen-bond acceptors (Lipinski definition) is 5. The highest BCUT2D eigenvalue weighted by Gasteiger charge is 2.33. The minimum Gasteiger partial charge on any atom is -0.379 e. The molecule has 1 fully saturated rings.